The van der Waals surface area contributed by atoms with Gasteiger partial charge in [0.15, 0.2) is 0 Å². The third-order valence-electron chi connectivity index (χ3n) is 6.12. The summed E-state index contributed by atoms with van der Waals surface area (Å²) in [4.78, 5) is 31.4. The van der Waals surface area contributed by atoms with Gasteiger partial charge >= 0.3 is 18.2 Å². The predicted octanol–water partition coefficient (Wildman–Crippen LogP) is 2.71. The number of pyridine rings is 1. The van der Waals surface area contributed by atoms with E-state index in [4.69, 9.17) is 9.52 Å². The Balaban J connectivity index is 1.41. The fraction of sp³-hybridized carbons (Fsp3) is 0.318. The third kappa shape index (κ3) is 4.14. The van der Waals surface area contributed by atoms with E-state index in [1.807, 2.05) is 0 Å². The summed E-state index contributed by atoms with van der Waals surface area (Å²) < 4.78 is 48.2. The quantitative estimate of drug-likeness (QED) is 0.441. The van der Waals surface area contributed by atoms with Crippen molar-refractivity contribution in [3.8, 4) is 11.5 Å². The van der Waals surface area contributed by atoms with E-state index in [1.165, 1.54) is 26.3 Å². The van der Waals surface area contributed by atoms with Crippen molar-refractivity contribution in [3.63, 3.8) is 0 Å². The zero-order chi connectivity index (χ0) is 25.6. The molecule has 0 aliphatic carbocycles. The number of carbonyl (C=O) groups is 1. The number of aromatic nitrogens is 5. The number of halogens is 3. The number of imidazole rings is 1. The first kappa shape index (κ1) is 23.4. The van der Waals surface area contributed by atoms with Crippen molar-refractivity contribution in [2.45, 2.75) is 13.0 Å². The highest BCUT2D eigenvalue weighted by Crippen LogP contribution is 2.27. The molecule has 0 spiro atoms. The van der Waals surface area contributed by atoms with Gasteiger partial charge in [-0.15, -0.1) is 10.2 Å². The molecular weight excluding hydrogens is 483 g/mol. The lowest BCUT2D eigenvalue weighted by atomic mass is 10.2. The van der Waals surface area contributed by atoms with Gasteiger partial charge in [-0.05, 0) is 18.2 Å². The van der Waals surface area contributed by atoms with Crippen molar-refractivity contribution >= 4 is 22.8 Å². The number of carboxylic acid groups (broad SMARTS) is 1. The largest absolute Gasteiger partial charge is 0.465 e. The molecular formula is C22H20F3N7O4. The third-order valence-corrected chi connectivity index (χ3v) is 6.12. The Labute approximate surface area is 201 Å². The van der Waals surface area contributed by atoms with E-state index in [9.17, 15) is 18.4 Å². The van der Waals surface area contributed by atoms with Crippen LogP contribution in [0.15, 0.2) is 39.7 Å². The van der Waals surface area contributed by atoms with E-state index in [1.54, 1.807) is 30.1 Å². The van der Waals surface area contributed by atoms with Gasteiger partial charge in [-0.2, -0.15) is 8.78 Å². The topological polar surface area (TPSA) is 123 Å². The fourth-order valence-electron chi connectivity index (χ4n) is 4.19. The first-order valence-corrected chi connectivity index (χ1v) is 10.9. The molecule has 4 aromatic rings. The average Bonchev–Trinajstić information content (AvgIpc) is 3.45. The number of hydrogen-bond acceptors (Lipinski definition) is 7. The number of aryl methyl sites for hydroxylation is 1. The normalized spacial score (nSPS) is 14.2. The summed E-state index contributed by atoms with van der Waals surface area (Å²) >= 11 is 0. The van der Waals surface area contributed by atoms with Crippen LogP contribution in [0.4, 0.5) is 23.7 Å². The molecule has 0 bridgehead atoms. The fourth-order valence-corrected chi connectivity index (χ4v) is 4.19. The number of rotatable bonds is 5. The Kier molecular flexibility index (Phi) is 5.86. The van der Waals surface area contributed by atoms with E-state index >= 15 is 4.39 Å². The number of amides is 1. The second-order valence-electron chi connectivity index (χ2n) is 8.26. The predicted molar refractivity (Wildman–Crippen MR) is 121 cm³/mol. The van der Waals surface area contributed by atoms with Crippen molar-refractivity contribution in [1.82, 2.24) is 29.2 Å². The van der Waals surface area contributed by atoms with E-state index < -0.39 is 24.2 Å². The van der Waals surface area contributed by atoms with Gasteiger partial charge in [-0.1, -0.05) is 0 Å². The van der Waals surface area contributed by atoms with Gasteiger partial charge in [0.2, 0.25) is 5.89 Å². The van der Waals surface area contributed by atoms with Crippen molar-refractivity contribution in [3.05, 3.63) is 58.3 Å². The summed E-state index contributed by atoms with van der Waals surface area (Å²) in [5.41, 5.74) is 1.61. The van der Waals surface area contributed by atoms with E-state index in [-0.39, 0.29) is 31.2 Å². The number of hydrogen-bond donors (Lipinski definition) is 1. The molecule has 0 radical (unpaired) electrons. The van der Waals surface area contributed by atoms with Crippen LogP contribution in [-0.4, -0.2) is 66.6 Å². The smallest absolute Gasteiger partial charge is 0.407 e. The molecule has 14 heteroatoms. The first-order valence-electron chi connectivity index (χ1n) is 10.9. The van der Waals surface area contributed by atoms with Gasteiger partial charge in [0.25, 0.3) is 5.89 Å². The molecule has 1 amide bonds. The Bertz CT molecular complexity index is 1490. The lowest BCUT2D eigenvalue weighted by molar-refractivity contribution is 0.116. The lowest BCUT2D eigenvalue weighted by Crippen LogP contribution is -2.48. The maximum atomic E-state index is 15.1. The highest BCUT2D eigenvalue weighted by atomic mass is 19.3. The summed E-state index contributed by atoms with van der Waals surface area (Å²) in [6.45, 7) is 1.21. The van der Waals surface area contributed by atoms with E-state index in [0.29, 0.717) is 41.1 Å². The molecule has 36 heavy (non-hydrogen) atoms. The van der Waals surface area contributed by atoms with Crippen LogP contribution in [0.1, 0.15) is 18.0 Å². The molecule has 0 saturated carbocycles. The molecule has 1 fully saturated rings. The first-order chi connectivity index (χ1) is 17.2. The highest BCUT2D eigenvalue weighted by molar-refractivity contribution is 5.81. The molecule has 1 aliphatic rings. The van der Waals surface area contributed by atoms with Gasteiger partial charge in [-0.3, -0.25) is 14.1 Å². The van der Waals surface area contributed by atoms with Gasteiger partial charge in [-0.25, -0.2) is 14.0 Å². The Morgan fingerprint density at radius 3 is 2.50 bits per heavy atom. The summed E-state index contributed by atoms with van der Waals surface area (Å²) in [6.07, 6.45) is -2.53. The highest BCUT2D eigenvalue weighted by Gasteiger charge is 2.24. The Morgan fingerprint density at radius 2 is 1.89 bits per heavy atom. The van der Waals surface area contributed by atoms with Crippen molar-refractivity contribution in [1.29, 1.82) is 0 Å². The number of anilines is 1. The molecule has 5 rings (SSSR count). The Hall–Kier alpha value is -4.36. The SMILES string of the molecule is Cn1c(=O)n(Cc2ccc(-c3nnc(C(F)F)o3)cn2)c2cc(F)c(N3CCN(C(=O)O)CC3)cc21. The standard InChI is InChI=1S/C22H20F3N7O4/c1-29-16-9-15(30-4-6-31(7-5-30)22(34)35)14(23)8-17(16)32(21(29)33)11-13-3-2-12(10-26-13)19-27-28-20(36-19)18(24)25/h2-3,8-10,18H,4-7,11H2,1H3,(H,34,35). The van der Waals surface area contributed by atoms with Gasteiger partial charge < -0.3 is 19.3 Å². The number of fused-ring (bicyclic) bond motifs is 1. The number of piperazine rings is 1. The number of benzene rings is 1. The van der Waals surface area contributed by atoms with Crippen molar-refractivity contribution in [2.24, 2.45) is 7.05 Å². The molecule has 3 aromatic heterocycles. The number of nitrogens with zero attached hydrogens (tertiary/aromatic N) is 7. The lowest BCUT2D eigenvalue weighted by Gasteiger charge is -2.34. The van der Waals surface area contributed by atoms with Crippen LogP contribution in [0.5, 0.6) is 0 Å². The molecule has 0 unspecified atom stereocenters. The van der Waals surface area contributed by atoms with Crippen LogP contribution < -0.4 is 10.6 Å². The summed E-state index contributed by atoms with van der Waals surface area (Å²) in [5.74, 6) is -1.42. The van der Waals surface area contributed by atoms with Crippen molar-refractivity contribution in [2.75, 3.05) is 31.1 Å². The summed E-state index contributed by atoms with van der Waals surface area (Å²) in [7, 11) is 1.58. The molecule has 1 aliphatic heterocycles. The summed E-state index contributed by atoms with van der Waals surface area (Å²) in [6, 6.07) is 6.01. The van der Waals surface area contributed by atoms with Crippen LogP contribution in [0, 0.1) is 5.82 Å². The zero-order valence-electron chi connectivity index (χ0n) is 18.9. The van der Waals surface area contributed by atoms with Gasteiger partial charge in [0.1, 0.15) is 5.82 Å². The second kappa shape index (κ2) is 9.02. The molecule has 11 nitrogen and oxygen atoms in total. The minimum absolute atomic E-state index is 0.0403. The van der Waals surface area contributed by atoms with Gasteiger partial charge in [0.05, 0.1) is 34.5 Å². The zero-order valence-corrected chi connectivity index (χ0v) is 18.9. The minimum Gasteiger partial charge on any atom is -0.465 e. The van der Waals surface area contributed by atoms with Crippen molar-refractivity contribution < 1.29 is 27.5 Å². The average molecular weight is 503 g/mol. The van der Waals surface area contributed by atoms with E-state index in [2.05, 4.69) is 15.2 Å². The molecule has 1 N–H and O–H groups in total. The molecule has 4 heterocycles. The van der Waals surface area contributed by atoms with Gasteiger partial charge in [0, 0.05) is 45.5 Å². The van der Waals surface area contributed by atoms with Crippen LogP contribution >= 0.6 is 0 Å². The summed E-state index contributed by atoms with van der Waals surface area (Å²) in [5, 5.41) is 16.0. The monoisotopic (exact) mass is 503 g/mol. The second-order valence-corrected chi connectivity index (χ2v) is 8.26. The molecule has 1 saturated heterocycles. The van der Waals surface area contributed by atoms with Crippen LogP contribution in [0.3, 0.4) is 0 Å². The van der Waals surface area contributed by atoms with Crippen LogP contribution in [0.2, 0.25) is 0 Å². The molecule has 188 valence electrons. The van der Waals surface area contributed by atoms with E-state index in [0.717, 1.165) is 0 Å². The maximum Gasteiger partial charge on any atom is 0.407 e. The maximum absolute atomic E-state index is 15.1. The molecule has 0 atom stereocenters. The number of alkyl halides is 2. The Morgan fingerprint density at radius 1 is 1.14 bits per heavy atom. The van der Waals surface area contributed by atoms with Crippen LogP contribution in [-0.2, 0) is 13.6 Å². The minimum atomic E-state index is -2.88. The molecule has 1 aromatic carbocycles. The van der Waals surface area contributed by atoms with Crippen LogP contribution in [0.25, 0.3) is 22.5 Å².